The van der Waals surface area contributed by atoms with Crippen molar-refractivity contribution >= 4 is 11.9 Å². The fraction of sp³-hybridized carbons (Fsp3) is 0.500. The number of amides is 3. The minimum atomic E-state index is -0.982. The van der Waals surface area contributed by atoms with Gasteiger partial charge in [0.05, 0.1) is 19.3 Å². The molecule has 0 aliphatic carbocycles. The molecule has 2 fully saturated rings. The van der Waals surface area contributed by atoms with Crippen LogP contribution in [0.1, 0.15) is 24.8 Å². The number of carbonyl (C=O) groups excluding carboxylic acids is 2. The minimum absolute atomic E-state index is 0.0417. The Hall–Kier alpha value is -2.08. The van der Waals surface area contributed by atoms with Crippen LogP contribution < -0.4 is 10.1 Å². The normalized spacial score (nSPS) is 30.4. The Kier molecular flexibility index (Phi) is 3.07. The van der Waals surface area contributed by atoms with Gasteiger partial charge >= 0.3 is 6.03 Å². The van der Waals surface area contributed by atoms with E-state index in [0.717, 1.165) is 18.4 Å². The second-order valence-electron chi connectivity index (χ2n) is 5.98. The first-order valence-electron chi connectivity index (χ1n) is 7.69. The molecule has 0 aromatic heterocycles. The number of urea groups is 1. The van der Waals surface area contributed by atoms with E-state index in [1.165, 1.54) is 4.90 Å². The second kappa shape index (κ2) is 4.98. The lowest BCUT2D eigenvalue weighted by Gasteiger charge is -2.33. The molecule has 0 radical (unpaired) electrons. The standard InChI is InChI=1S/C16H18N2O4/c19-14-16(7-9-22-13-6-2-1-5-12(13)16)17-15(20)18(14)10-11-4-3-8-21-11/h1-2,5-6,11H,3-4,7-10H2,(H,17,20)/t11-,16+/m0/s1. The van der Waals surface area contributed by atoms with Gasteiger partial charge in [0.15, 0.2) is 5.54 Å². The highest BCUT2D eigenvalue weighted by Crippen LogP contribution is 2.41. The Bertz CT molecular complexity index is 626. The topological polar surface area (TPSA) is 67.9 Å². The molecule has 2 saturated heterocycles. The molecule has 22 heavy (non-hydrogen) atoms. The molecule has 3 aliphatic heterocycles. The van der Waals surface area contributed by atoms with E-state index in [-0.39, 0.29) is 18.0 Å². The molecule has 0 bridgehead atoms. The van der Waals surface area contributed by atoms with Crippen LogP contribution in [0, 0.1) is 0 Å². The van der Waals surface area contributed by atoms with Crippen molar-refractivity contribution in [3.8, 4) is 5.75 Å². The Morgan fingerprint density at radius 2 is 2.14 bits per heavy atom. The van der Waals surface area contributed by atoms with E-state index >= 15 is 0 Å². The predicted molar refractivity (Wildman–Crippen MR) is 77.5 cm³/mol. The first-order chi connectivity index (χ1) is 10.7. The van der Waals surface area contributed by atoms with Crippen LogP contribution in [0.4, 0.5) is 4.79 Å². The highest BCUT2D eigenvalue weighted by Gasteiger charge is 2.55. The van der Waals surface area contributed by atoms with Crippen molar-refractivity contribution in [1.82, 2.24) is 10.2 Å². The molecule has 0 unspecified atom stereocenters. The zero-order valence-corrected chi connectivity index (χ0v) is 12.2. The lowest BCUT2D eigenvalue weighted by molar-refractivity contribution is -0.133. The maximum atomic E-state index is 13.0. The van der Waals surface area contributed by atoms with Crippen LogP contribution in [-0.2, 0) is 15.1 Å². The molecule has 1 aromatic carbocycles. The quantitative estimate of drug-likeness (QED) is 0.838. The Labute approximate surface area is 128 Å². The van der Waals surface area contributed by atoms with E-state index in [0.29, 0.717) is 31.9 Å². The van der Waals surface area contributed by atoms with Crippen LogP contribution in [0.15, 0.2) is 24.3 Å². The first kappa shape index (κ1) is 13.6. The molecule has 1 N–H and O–H groups in total. The summed E-state index contributed by atoms with van der Waals surface area (Å²) in [7, 11) is 0. The maximum absolute atomic E-state index is 13.0. The first-order valence-corrected chi connectivity index (χ1v) is 7.69. The van der Waals surface area contributed by atoms with E-state index in [1.807, 2.05) is 24.3 Å². The van der Waals surface area contributed by atoms with Crippen LogP contribution in [0.3, 0.4) is 0 Å². The highest BCUT2D eigenvalue weighted by atomic mass is 16.5. The molecule has 3 heterocycles. The van der Waals surface area contributed by atoms with Gasteiger partial charge in [0, 0.05) is 18.6 Å². The molecule has 1 aromatic rings. The van der Waals surface area contributed by atoms with Crippen LogP contribution >= 0.6 is 0 Å². The largest absolute Gasteiger partial charge is 0.493 e. The van der Waals surface area contributed by atoms with Gasteiger partial charge in [0.1, 0.15) is 5.75 Å². The Morgan fingerprint density at radius 3 is 2.95 bits per heavy atom. The van der Waals surface area contributed by atoms with Crippen molar-refractivity contribution in [3.05, 3.63) is 29.8 Å². The molecular formula is C16H18N2O4. The summed E-state index contributed by atoms with van der Waals surface area (Å²) in [4.78, 5) is 26.6. The summed E-state index contributed by atoms with van der Waals surface area (Å²) in [6.45, 7) is 1.45. The van der Waals surface area contributed by atoms with E-state index < -0.39 is 5.54 Å². The van der Waals surface area contributed by atoms with Gasteiger partial charge < -0.3 is 14.8 Å². The SMILES string of the molecule is O=C1N[C@@]2(CCOc3ccccc32)C(=O)N1C[C@@H]1CCCO1. The van der Waals surface area contributed by atoms with Crippen LogP contribution in [0.2, 0.25) is 0 Å². The highest BCUT2D eigenvalue weighted by molar-refractivity contribution is 6.08. The number of nitrogens with zero attached hydrogens (tertiary/aromatic N) is 1. The van der Waals surface area contributed by atoms with E-state index in [2.05, 4.69) is 5.32 Å². The van der Waals surface area contributed by atoms with Crippen LogP contribution in [0.25, 0.3) is 0 Å². The zero-order chi connectivity index (χ0) is 15.2. The Balaban J connectivity index is 1.66. The molecule has 1 spiro atoms. The average Bonchev–Trinajstić information content (AvgIpc) is 3.12. The Morgan fingerprint density at radius 1 is 1.27 bits per heavy atom. The predicted octanol–water partition coefficient (Wildman–Crippen LogP) is 1.40. The summed E-state index contributed by atoms with van der Waals surface area (Å²) >= 11 is 0. The van der Waals surface area contributed by atoms with Gasteiger partial charge in [-0.25, -0.2) is 4.79 Å². The number of rotatable bonds is 2. The lowest BCUT2D eigenvalue weighted by Crippen LogP contribution is -2.47. The summed E-state index contributed by atoms with van der Waals surface area (Å²) < 4.78 is 11.2. The third kappa shape index (κ3) is 1.90. The number of para-hydroxylation sites is 1. The fourth-order valence-electron chi connectivity index (χ4n) is 3.53. The summed E-state index contributed by atoms with van der Waals surface area (Å²) in [5.41, 5.74) is -0.237. The van der Waals surface area contributed by atoms with Crippen molar-refractivity contribution in [2.75, 3.05) is 19.8 Å². The number of carbonyl (C=O) groups is 2. The summed E-state index contributed by atoms with van der Waals surface area (Å²) in [6.07, 6.45) is 2.29. The number of nitrogens with one attached hydrogen (secondary N) is 1. The summed E-state index contributed by atoms with van der Waals surface area (Å²) in [6, 6.07) is 7.07. The van der Waals surface area contributed by atoms with E-state index in [1.54, 1.807) is 0 Å². The maximum Gasteiger partial charge on any atom is 0.325 e. The lowest BCUT2D eigenvalue weighted by atomic mass is 9.84. The third-order valence-corrected chi connectivity index (χ3v) is 4.67. The van der Waals surface area contributed by atoms with Crippen molar-refractivity contribution in [2.45, 2.75) is 30.9 Å². The number of fused-ring (bicyclic) bond motifs is 2. The molecule has 3 aliphatic rings. The van der Waals surface area contributed by atoms with Crippen molar-refractivity contribution < 1.29 is 19.1 Å². The summed E-state index contributed by atoms with van der Waals surface area (Å²) in [5, 5.41) is 2.90. The number of ether oxygens (including phenoxy) is 2. The molecule has 116 valence electrons. The molecule has 6 heteroatoms. The molecule has 4 rings (SSSR count). The van der Waals surface area contributed by atoms with Gasteiger partial charge in [-0.15, -0.1) is 0 Å². The van der Waals surface area contributed by atoms with Gasteiger partial charge in [-0.05, 0) is 18.9 Å². The van der Waals surface area contributed by atoms with Crippen molar-refractivity contribution in [3.63, 3.8) is 0 Å². The molecule has 6 nitrogen and oxygen atoms in total. The van der Waals surface area contributed by atoms with Crippen molar-refractivity contribution in [1.29, 1.82) is 0 Å². The molecule has 0 saturated carbocycles. The van der Waals surface area contributed by atoms with Gasteiger partial charge in [0.25, 0.3) is 5.91 Å². The summed E-state index contributed by atoms with van der Waals surface area (Å²) in [5.74, 6) is 0.477. The number of benzene rings is 1. The third-order valence-electron chi connectivity index (χ3n) is 4.67. The molecular weight excluding hydrogens is 284 g/mol. The van der Waals surface area contributed by atoms with Crippen LogP contribution in [-0.4, -0.2) is 42.7 Å². The van der Waals surface area contributed by atoms with Gasteiger partial charge in [-0.3, -0.25) is 9.69 Å². The van der Waals surface area contributed by atoms with Gasteiger partial charge in [0.2, 0.25) is 0 Å². The molecule has 2 atom stereocenters. The molecule has 3 amide bonds. The number of hydrogen-bond donors (Lipinski definition) is 1. The average molecular weight is 302 g/mol. The van der Waals surface area contributed by atoms with Gasteiger partial charge in [-0.2, -0.15) is 0 Å². The smallest absolute Gasteiger partial charge is 0.325 e. The van der Waals surface area contributed by atoms with Crippen molar-refractivity contribution in [2.24, 2.45) is 0 Å². The van der Waals surface area contributed by atoms with E-state index in [4.69, 9.17) is 9.47 Å². The second-order valence-corrected chi connectivity index (χ2v) is 5.98. The number of hydrogen-bond acceptors (Lipinski definition) is 4. The number of imide groups is 1. The fourth-order valence-corrected chi connectivity index (χ4v) is 3.53. The minimum Gasteiger partial charge on any atom is -0.493 e. The monoisotopic (exact) mass is 302 g/mol. The zero-order valence-electron chi connectivity index (χ0n) is 12.2. The van der Waals surface area contributed by atoms with Gasteiger partial charge in [-0.1, -0.05) is 18.2 Å². The van der Waals surface area contributed by atoms with E-state index in [9.17, 15) is 9.59 Å². The van der Waals surface area contributed by atoms with Crippen LogP contribution in [0.5, 0.6) is 5.75 Å².